The van der Waals surface area contributed by atoms with Crippen LogP contribution in [0.3, 0.4) is 0 Å². The van der Waals surface area contributed by atoms with Gasteiger partial charge in [-0.3, -0.25) is 0 Å². The van der Waals surface area contributed by atoms with Gasteiger partial charge >= 0.3 is 0 Å². The van der Waals surface area contributed by atoms with Gasteiger partial charge in [0, 0.05) is 11.0 Å². The van der Waals surface area contributed by atoms with Crippen molar-refractivity contribution >= 4 is 0 Å². The predicted octanol–water partition coefficient (Wildman–Crippen LogP) is 1.94. The Kier molecular flexibility index (Phi) is 3.18. The van der Waals surface area contributed by atoms with Crippen LogP contribution in [0.2, 0.25) is 0 Å². The summed E-state index contributed by atoms with van der Waals surface area (Å²) in [4.78, 5) is 0. The summed E-state index contributed by atoms with van der Waals surface area (Å²) in [5.41, 5.74) is 6.29. The van der Waals surface area contributed by atoms with Crippen LogP contribution in [0.5, 0.6) is 11.5 Å². The van der Waals surface area contributed by atoms with Crippen molar-refractivity contribution in [1.82, 2.24) is 0 Å². The monoisotopic (exact) mass is 277 g/mol. The molecule has 2 atom stereocenters. The number of aryl methyl sites for hydroxylation is 1. The van der Waals surface area contributed by atoms with Crippen molar-refractivity contribution in [3.05, 3.63) is 23.3 Å². The maximum Gasteiger partial charge on any atom is 0.161 e. The molecule has 3 rings (SSSR count). The standard InChI is InChI=1S/C16H23NO3/c17-10-9-15-6-1-2-7-16(15,20)8-5-11-3-4-12(18)14(19)13(11)15/h3-4,18-20H,1-2,5-10,17H2. The number of phenolic OH excluding ortho intramolecular Hbond substituents is 2. The van der Waals surface area contributed by atoms with Gasteiger partial charge in [-0.1, -0.05) is 18.9 Å². The van der Waals surface area contributed by atoms with E-state index in [0.29, 0.717) is 19.4 Å². The van der Waals surface area contributed by atoms with E-state index in [1.54, 1.807) is 0 Å². The number of nitrogens with two attached hydrogens (primary N) is 1. The second-order valence-corrected chi connectivity index (χ2v) is 6.33. The fourth-order valence-electron chi connectivity index (χ4n) is 4.47. The van der Waals surface area contributed by atoms with Crippen LogP contribution in [0, 0.1) is 0 Å². The molecule has 2 aliphatic rings. The van der Waals surface area contributed by atoms with Gasteiger partial charge in [-0.2, -0.15) is 0 Å². The SMILES string of the molecule is NCCC12CCCCC1(O)CCc1ccc(O)c(O)c12. The zero-order valence-corrected chi connectivity index (χ0v) is 11.7. The first kappa shape index (κ1) is 13.7. The Labute approximate surface area is 119 Å². The molecular weight excluding hydrogens is 254 g/mol. The van der Waals surface area contributed by atoms with Gasteiger partial charge < -0.3 is 21.1 Å². The molecule has 0 amide bonds. The van der Waals surface area contributed by atoms with Gasteiger partial charge in [0.05, 0.1) is 5.60 Å². The van der Waals surface area contributed by atoms with E-state index < -0.39 is 11.0 Å². The summed E-state index contributed by atoms with van der Waals surface area (Å²) in [6.07, 6.45) is 5.71. The number of benzene rings is 1. The van der Waals surface area contributed by atoms with E-state index in [-0.39, 0.29) is 11.5 Å². The average Bonchev–Trinajstić information content (AvgIpc) is 2.43. The highest BCUT2D eigenvalue weighted by Crippen LogP contribution is 2.57. The Morgan fingerprint density at radius 1 is 1.10 bits per heavy atom. The highest BCUT2D eigenvalue weighted by molar-refractivity contribution is 5.56. The number of rotatable bonds is 2. The Morgan fingerprint density at radius 2 is 1.85 bits per heavy atom. The van der Waals surface area contributed by atoms with Crippen molar-refractivity contribution < 1.29 is 15.3 Å². The zero-order chi connectivity index (χ0) is 14.4. The Balaban J connectivity index is 2.24. The first-order valence-corrected chi connectivity index (χ1v) is 7.51. The van der Waals surface area contributed by atoms with Crippen LogP contribution in [0.15, 0.2) is 12.1 Å². The molecule has 0 bridgehead atoms. The van der Waals surface area contributed by atoms with E-state index in [2.05, 4.69) is 0 Å². The second-order valence-electron chi connectivity index (χ2n) is 6.33. The normalized spacial score (nSPS) is 32.5. The molecule has 1 aromatic rings. The van der Waals surface area contributed by atoms with Crippen LogP contribution in [0.4, 0.5) is 0 Å². The second kappa shape index (κ2) is 4.64. The Hall–Kier alpha value is -1.26. The molecule has 0 radical (unpaired) electrons. The van der Waals surface area contributed by atoms with Crippen LogP contribution >= 0.6 is 0 Å². The molecule has 0 saturated heterocycles. The first-order valence-electron chi connectivity index (χ1n) is 7.51. The summed E-state index contributed by atoms with van der Waals surface area (Å²) in [6, 6.07) is 3.41. The molecule has 1 aromatic carbocycles. The van der Waals surface area contributed by atoms with Gasteiger partial charge in [-0.15, -0.1) is 0 Å². The van der Waals surface area contributed by atoms with E-state index >= 15 is 0 Å². The van der Waals surface area contributed by atoms with Crippen LogP contribution in [-0.4, -0.2) is 27.5 Å². The fraction of sp³-hybridized carbons (Fsp3) is 0.625. The Bertz CT molecular complexity index is 527. The van der Waals surface area contributed by atoms with Gasteiger partial charge in [0.25, 0.3) is 0 Å². The molecule has 0 aromatic heterocycles. The molecule has 20 heavy (non-hydrogen) atoms. The van der Waals surface area contributed by atoms with Crippen molar-refractivity contribution in [3.63, 3.8) is 0 Å². The number of hydrogen-bond acceptors (Lipinski definition) is 4. The van der Waals surface area contributed by atoms with E-state index in [1.807, 2.05) is 6.07 Å². The summed E-state index contributed by atoms with van der Waals surface area (Å²) in [5, 5.41) is 31.4. The number of hydrogen-bond donors (Lipinski definition) is 4. The molecule has 4 heteroatoms. The highest BCUT2D eigenvalue weighted by Gasteiger charge is 2.56. The van der Waals surface area contributed by atoms with E-state index in [0.717, 1.165) is 43.2 Å². The molecule has 0 heterocycles. The molecular formula is C16H23NO3. The molecule has 1 fully saturated rings. The third-order valence-corrected chi connectivity index (χ3v) is 5.44. The summed E-state index contributed by atoms with van der Waals surface area (Å²) >= 11 is 0. The van der Waals surface area contributed by atoms with Gasteiger partial charge in [-0.05, 0) is 50.3 Å². The van der Waals surface area contributed by atoms with Gasteiger partial charge in [0.15, 0.2) is 11.5 Å². The van der Waals surface area contributed by atoms with Crippen molar-refractivity contribution in [3.8, 4) is 11.5 Å². The van der Waals surface area contributed by atoms with E-state index in [9.17, 15) is 15.3 Å². The lowest BCUT2D eigenvalue weighted by molar-refractivity contribution is -0.0871. The molecule has 1 saturated carbocycles. The van der Waals surface area contributed by atoms with E-state index in [4.69, 9.17) is 5.73 Å². The third-order valence-electron chi connectivity index (χ3n) is 5.44. The van der Waals surface area contributed by atoms with Crippen molar-refractivity contribution in [2.45, 2.75) is 56.0 Å². The van der Waals surface area contributed by atoms with Crippen LogP contribution in [-0.2, 0) is 11.8 Å². The van der Waals surface area contributed by atoms with Crippen molar-refractivity contribution in [2.24, 2.45) is 5.73 Å². The lowest BCUT2D eigenvalue weighted by Crippen LogP contribution is -2.57. The third kappa shape index (κ3) is 1.68. The van der Waals surface area contributed by atoms with E-state index in [1.165, 1.54) is 6.07 Å². The van der Waals surface area contributed by atoms with Gasteiger partial charge in [-0.25, -0.2) is 0 Å². The summed E-state index contributed by atoms with van der Waals surface area (Å²) in [7, 11) is 0. The number of aromatic hydroxyl groups is 2. The molecule has 2 aliphatic carbocycles. The number of aliphatic hydroxyl groups is 1. The summed E-state index contributed by atoms with van der Waals surface area (Å²) in [5.74, 6) is -0.161. The molecule has 110 valence electrons. The highest BCUT2D eigenvalue weighted by atomic mass is 16.3. The lowest BCUT2D eigenvalue weighted by Gasteiger charge is -2.54. The van der Waals surface area contributed by atoms with Crippen LogP contribution < -0.4 is 5.73 Å². The number of phenols is 2. The average molecular weight is 277 g/mol. The van der Waals surface area contributed by atoms with Crippen LogP contribution in [0.1, 0.15) is 49.7 Å². The predicted molar refractivity (Wildman–Crippen MR) is 76.9 cm³/mol. The molecule has 0 spiro atoms. The fourth-order valence-corrected chi connectivity index (χ4v) is 4.47. The molecule has 5 N–H and O–H groups in total. The first-order chi connectivity index (χ1) is 9.54. The van der Waals surface area contributed by atoms with Crippen LogP contribution in [0.25, 0.3) is 0 Å². The molecule has 2 unspecified atom stereocenters. The Morgan fingerprint density at radius 3 is 2.60 bits per heavy atom. The van der Waals surface area contributed by atoms with Gasteiger partial charge in [0.2, 0.25) is 0 Å². The quantitative estimate of drug-likeness (QED) is 0.622. The van der Waals surface area contributed by atoms with Crippen molar-refractivity contribution in [2.75, 3.05) is 6.54 Å². The molecule has 4 nitrogen and oxygen atoms in total. The minimum atomic E-state index is -0.803. The maximum atomic E-state index is 11.2. The lowest BCUT2D eigenvalue weighted by atomic mass is 9.53. The minimum Gasteiger partial charge on any atom is -0.504 e. The molecule has 0 aliphatic heterocycles. The summed E-state index contributed by atoms with van der Waals surface area (Å²) in [6.45, 7) is 0.469. The maximum absolute atomic E-state index is 11.2. The van der Waals surface area contributed by atoms with Gasteiger partial charge in [0.1, 0.15) is 0 Å². The smallest absolute Gasteiger partial charge is 0.161 e. The minimum absolute atomic E-state index is 0.0593. The van der Waals surface area contributed by atoms with Crippen molar-refractivity contribution in [1.29, 1.82) is 0 Å². The zero-order valence-electron chi connectivity index (χ0n) is 11.7. The summed E-state index contributed by atoms with van der Waals surface area (Å²) < 4.78 is 0. The largest absolute Gasteiger partial charge is 0.504 e. The topological polar surface area (TPSA) is 86.7 Å². The number of fused-ring (bicyclic) bond motifs is 3.